The van der Waals surface area contributed by atoms with Crippen LogP contribution in [0.4, 0.5) is 0 Å². The third-order valence-corrected chi connectivity index (χ3v) is 4.68. The van der Waals surface area contributed by atoms with Crippen molar-refractivity contribution >= 4 is 11.8 Å². The van der Waals surface area contributed by atoms with Gasteiger partial charge >= 0.3 is 0 Å². The molecule has 2 aliphatic rings. The molecule has 0 bridgehead atoms. The van der Waals surface area contributed by atoms with Crippen molar-refractivity contribution in [3.05, 3.63) is 0 Å². The highest BCUT2D eigenvalue weighted by atomic mass is 16.2. The maximum atomic E-state index is 12.4. The van der Waals surface area contributed by atoms with E-state index in [1.165, 1.54) is 32.1 Å². The number of carbonyl (C=O) groups excluding carboxylic acids is 2. The Kier molecular flexibility index (Phi) is 5.86. The maximum Gasteiger partial charge on any atom is 0.242 e. The summed E-state index contributed by atoms with van der Waals surface area (Å²) in [5, 5.41) is 0. The minimum absolute atomic E-state index is 0.0556. The summed E-state index contributed by atoms with van der Waals surface area (Å²) in [6, 6.07) is 0.289. The van der Waals surface area contributed by atoms with Gasteiger partial charge in [0.25, 0.3) is 0 Å². The van der Waals surface area contributed by atoms with Gasteiger partial charge in [-0.3, -0.25) is 9.59 Å². The van der Waals surface area contributed by atoms with Gasteiger partial charge < -0.3 is 9.80 Å². The fourth-order valence-corrected chi connectivity index (χ4v) is 3.46. The molecule has 20 heavy (non-hydrogen) atoms. The zero-order chi connectivity index (χ0) is 14.4. The number of carbonyl (C=O) groups is 2. The van der Waals surface area contributed by atoms with Crippen molar-refractivity contribution in [1.82, 2.24) is 9.80 Å². The molecule has 1 saturated carbocycles. The molecule has 2 rings (SSSR count). The Morgan fingerprint density at radius 3 is 2.05 bits per heavy atom. The summed E-state index contributed by atoms with van der Waals surface area (Å²) in [6.07, 6.45) is 10.4. The van der Waals surface area contributed by atoms with Gasteiger partial charge in [-0.25, -0.2) is 0 Å². The number of likely N-dealkylation sites (tertiary alicyclic amines) is 1. The predicted octanol–water partition coefficient (Wildman–Crippen LogP) is 2.57. The van der Waals surface area contributed by atoms with Gasteiger partial charge in [-0.05, 0) is 25.7 Å². The van der Waals surface area contributed by atoms with Crippen molar-refractivity contribution in [3.8, 4) is 0 Å². The molecular weight excluding hydrogens is 252 g/mol. The monoisotopic (exact) mass is 280 g/mol. The molecule has 0 radical (unpaired) electrons. The largest absolute Gasteiger partial charge is 0.341 e. The highest BCUT2D eigenvalue weighted by Crippen LogP contribution is 2.23. The number of rotatable bonds is 3. The summed E-state index contributed by atoms with van der Waals surface area (Å²) in [6.45, 7) is 3.63. The average molecular weight is 280 g/mol. The van der Waals surface area contributed by atoms with E-state index in [9.17, 15) is 9.59 Å². The van der Waals surface area contributed by atoms with Gasteiger partial charge in [-0.15, -0.1) is 0 Å². The van der Waals surface area contributed by atoms with Gasteiger partial charge in [-0.2, -0.15) is 0 Å². The molecule has 0 unspecified atom stereocenters. The molecule has 4 heteroatoms. The third kappa shape index (κ3) is 4.22. The standard InChI is InChI=1S/C16H28N2O2/c1-14(19)18(15-9-5-4-6-10-15)13-16(20)17-11-7-2-3-8-12-17/h15H,2-13H2,1H3. The zero-order valence-corrected chi connectivity index (χ0v) is 12.8. The molecule has 4 nitrogen and oxygen atoms in total. The lowest BCUT2D eigenvalue weighted by Gasteiger charge is -2.34. The van der Waals surface area contributed by atoms with Crippen LogP contribution in [0.3, 0.4) is 0 Å². The van der Waals surface area contributed by atoms with E-state index in [0.717, 1.165) is 38.8 Å². The molecule has 114 valence electrons. The summed E-state index contributed by atoms with van der Waals surface area (Å²) in [7, 11) is 0. The topological polar surface area (TPSA) is 40.6 Å². The molecule has 1 aliphatic heterocycles. The SMILES string of the molecule is CC(=O)N(CC(=O)N1CCCCCC1)C1CCCCC1. The molecular formula is C16H28N2O2. The first kappa shape index (κ1) is 15.3. The predicted molar refractivity (Wildman–Crippen MR) is 79.3 cm³/mol. The lowest BCUT2D eigenvalue weighted by Crippen LogP contribution is -2.47. The normalized spacial score (nSPS) is 21.4. The van der Waals surface area contributed by atoms with Crippen LogP contribution in [0.5, 0.6) is 0 Å². The van der Waals surface area contributed by atoms with Crippen molar-refractivity contribution in [2.24, 2.45) is 0 Å². The molecule has 1 heterocycles. The molecule has 0 atom stereocenters. The van der Waals surface area contributed by atoms with E-state index in [0.29, 0.717) is 6.54 Å². The number of hydrogen-bond acceptors (Lipinski definition) is 2. The minimum Gasteiger partial charge on any atom is -0.341 e. The van der Waals surface area contributed by atoms with Crippen molar-refractivity contribution in [1.29, 1.82) is 0 Å². The third-order valence-electron chi connectivity index (χ3n) is 4.68. The van der Waals surface area contributed by atoms with Crippen molar-refractivity contribution in [2.45, 2.75) is 70.8 Å². The van der Waals surface area contributed by atoms with E-state index < -0.39 is 0 Å². The van der Waals surface area contributed by atoms with Crippen molar-refractivity contribution in [3.63, 3.8) is 0 Å². The van der Waals surface area contributed by atoms with E-state index in [2.05, 4.69) is 0 Å². The molecule has 1 saturated heterocycles. The molecule has 1 aliphatic carbocycles. The molecule has 0 N–H and O–H groups in total. The van der Waals surface area contributed by atoms with Gasteiger partial charge in [0.05, 0.1) is 6.54 Å². The van der Waals surface area contributed by atoms with Crippen LogP contribution in [0.2, 0.25) is 0 Å². The van der Waals surface area contributed by atoms with Gasteiger partial charge in [0.2, 0.25) is 11.8 Å². The second kappa shape index (κ2) is 7.65. The second-order valence-electron chi connectivity index (χ2n) is 6.23. The summed E-state index contributed by atoms with van der Waals surface area (Å²) < 4.78 is 0. The smallest absolute Gasteiger partial charge is 0.242 e. The Labute approximate surface area is 122 Å². The lowest BCUT2D eigenvalue weighted by molar-refractivity contribution is -0.141. The van der Waals surface area contributed by atoms with Gasteiger partial charge in [0.15, 0.2) is 0 Å². The average Bonchev–Trinajstić information content (AvgIpc) is 2.74. The van der Waals surface area contributed by atoms with E-state index >= 15 is 0 Å². The summed E-state index contributed by atoms with van der Waals surface area (Å²) in [5.41, 5.74) is 0. The molecule has 2 amide bonds. The van der Waals surface area contributed by atoms with Crippen molar-refractivity contribution in [2.75, 3.05) is 19.6 Å². The van der Waals surface area contributed by atoms with Gasteiger partial charge in [0.1, 0.15) is 0 Å². The molecule has 0 spiro atoms. The zero-order valence-electron chi connectivity index (χ0n) is 12.8. The van der Waals surface area contributed by atoms with Gasteiger partial charge in [0, 0.05) is 26.1 Å². The Morgan fingerprint density at radius 2 is 1.50 bits per heavy atom. The highest BCUT2D eigenvalue weighted by molar-refractivity contribution is 5.84. The first-order valence-corrected chi connectivity index (χ1v) is 8.23. The fraction of sp³-hybridized carbons (Fsp3) is 0.875. The lowest BCUT2D eigenvalue weighted by atomic mass is 9.94. The van der Waals surface area contributed by atoms with Crippen LogP contribution < -0.4 is 0 Å². The van der Waals surface area contributed by atoms with Crippen molar-refractivity contribution < 1.29 is 9.59 Å². The summed E-state index contributed by atoms with van der Waals surface area (Å²) >= 11 is 0. The second-order valence-corrected chi connectivity index (χ2v) is 6.23. The first-order valence-electron chi connectivity index (χ1n) is 8.23. The van der Waals surface area contributed by atoms with Crippen LogP contribution >= 0.6 is 0 Å². The maximum absolute atomic E-state index is 12.4. The van der Waals surface area contributed by atoms with Crippen LogP contribution in [0.1, 0.15) is 64.7 Å². The number of amides is 2. The van der Waals surface area contributed by atoms with Gasteiger partial charge in [-0.1, -0.05) is 32.1 Å². The molecule has 0 aromatic carbocycles. The minimum atomic E-state index is 0.0556. The number of hydrogen-bond donors (Lipinski definition) is 0. The van der Waals surface area contributed by atoms with Crippen LogP contribution in [0.15, 0.2) is 0 Å². The van der Waals surface area contributed by atoms with E-state index in [1.54, 1.807) is 6.92 Å². The van der Waals surface area contributed by atoms with E-state index in [-0.39, 0.29) is 17.9 Å². The molecule has 0 aromatic rings. The first-order chi connectivity index (χ1) is 9.68. The van der Waals surface area contributed by atoms with Crippen LogP contribution in [0.25, 0.3) is 0 Å². The summed E-state index contributed by atoms with van der Waals surface area (Å²) in [5.74, 6) is 0.202. The quantitative estimate of drug-likeness (QED) is 0.797. The molecule has 2 fully saturated rings. The van der Waals surface area contributed by atoms with E-state index in [1.807, 2.05) is 9.80 Å². The van der Waals surface area contributed by atoms with E-state index in [4.69, 9.17) is 0 Å². The summed E-state index contributed by atoms with van der Waals surface area (Å²) in [4.78, 5) is 28.1. The Hall–Kier alpha value is -1.06. The van der Waals surface area contributed by atoms with Crippen LogP contribution in [-0.2, 0) is 9.59 Å². The number of nitrogens with zero attached hydrogens (tertiary/aromatic N) is 2. The Balaban J connectivity index is 1.92. The van der Waals surface area contributed by atoms with Crippen LogP contribution in [0, 0.1) is 0 Å². The Bertz CT molecular complexity index is 329. The Morgan fingerprint density at radius 1 is 0.950 bits per heavy atom. The molecule has 0 aromatic heterocycles. The fourth-order valence-electron chi connectivity index (χ4n) is 3.46. The van der Waals surface area contributed by atoms with Crippen LogP contribution in [-0.4, -0.2) is 47.3 Å². The highest BCUT2D eigenvalue weighted by Gasteiger charge is 2.27.